The largest absolute Gasteiger partial charge is 0.357 e. The predicted molar refractivity (Wildman–Crippen MR) is 96.5 cm³/mol. The lowest BCUT2D eigenvalue weighted by molar-refractivity contribution is -0.128. The van der Waals surface area contributed by atoms with Crippen LogP contribution in [0.1, 0.15) is 47.5 Å². The van der Waals surface area contributed by atoms with Gasteiger partial charge in [-0.25, -0.2) is 0 Å². The molecule has 0 saturated carbocycles. The van der Waals surface area contributed by atoms with Crippen molar-refractivity contribution in [1.82, 2.24) is 16.0 Å². The van der Waals surface area contributed by atoms with Crippen molar-refractivity contribution in [3.8, 4) is 0 Å². The fourth-order valence-corrected chi connectivity index (χ4v) is 3.58. The second-order valence-electron chi connectivity index (χ2n) is 6.69. The molecule has 1 aliphatic rings. The molecule has 22 heavy (non-hydrogen) atoms. The summed E-state index contributed by atoms with van der Waals surface area (Å²) < 4.78 is 0.297. The average molecular weight is 329 g/mol. The van der Waals surface area contributed by atoms with Gasteiger partial charge in [0.2, 0.25) is 5.91 Å². The first kappa shape index (κ1) is 19.1. The van der Waals surface area contributed by atoms with Gasteiger partial charge in [-0.15, -0.1) is 0 Å². The van der Waals surface area contributed by atoms with E-state index in [4.69, 9.17) is 0 Å². The van der Waals surface area contributed by atoms with Crippen LogP contribution in [0.3, 0.4) is 0 Å². The second-order valence-corrected chi connectivity index (χ2v) is 8.38. The van der Waals surface area contributed by atoms with Gasteiger partial charge < -0.3 is 16.0 Å². The standard InChI is InChI=1S/C16H32N4OS/c1-6-17-13(21)15(3,4)11-19-14(18-7-2)20-12-16(5)9-8-10-22-16/h6-12H2,1-5H3,(H,17,21)(H2,18,19,20). The van der Waals surface area contributed by atoms with Crippen molar-refractivity contribution in [2.75, 3.05) is 31.9 Å². The highest BCUT2D eigenvalue weighted by Gasteiger charge is 2.30. The number of nitrogens with zero attached hydrogens (tertiary/aromatic N) is 1. The summed E-state index contributed by atoms with van der Waals surface area (Å²) in [6, 6.07) is 0. The van der Waals surface area contributed by atoms with E-state index in [1.807, 2.05) is 32.5 Å². The lowest BCUT2D eigenvalue weighted by Gasteiger charge is -2.25. The zero-order valence-electron chi connectivity index (χ0n) is 14.7. The van der Waals surface area contributed by atoms with Crippen LogP contribution in [0.4, 0.5) is 0 Å². The molecule has 0 aliphatic carbocycles. The van der Waals surface area contributed by atoms with Crippen molar-refractivity contribution < 1.29 is 4.79 Å². The van der Waals surface area contributed by atoms with E-state index in [2.05, 4.69) is 34.8 Å². The van der Waals surface area contributed by atoms with E-state index in [-0.39, 0.29) is 5.91 Å². The molecule has 0 radical (unpaired) electrons. The number of amides is 1. The summed E-state index contributed by atoms with van der Waals surface area (Å²) in [6.07, 6.45) is 2.54. The Labute approximate surface area is 139 Å². The van der Waals surface area contributed by atoms with Gasteiger partial charge in [-0.2, -0.15) is 11.8 Å². The van der Waals surface area contributed by atoms with Crippen LogP contribution in [0, 0.1) is 5.41 Å². The van der Waals surface area contributed by atoms with E-state index in [1.165, 1.54) is 18.6 Å². The van der Waals surface area contributed by atoms with Crippen LogP contribution >= 0.6 is 11.8 Å². The quantitative estimate of drug-likeness (QED) is 0.494. The van der Waals surface area contributed by atoms with Gasteiger partial charge in [-0.05, 0) is 53.2 Å². The molecule has 1 saturated heterocycles. The van der Waals surface area contributed by atoms with Gasteiger partial charge in [0.25, 0.3) is 0 Å². The number of hydrogen-bond donors (Lipinski definition) is 3. The smallest absolute Gasteiger partial charge is 0.227 e. The average Bonchev–Trinajstić information content (AvgIpc) is 2.89. The van der Waals surface area contributed by atoms with E-state index in [9.17, 15) is 4.79 Å². The monoisotopic (exact) mass is 328 g/mol. The molecular formula is C16H32N4OS. The summed E-state index contributed by atoms with van der Waals surface area (Å²) in [5, 5.41) is 9.57. The van der Waals surface area contributed by atoms with Gasteiger partial charge in [0.1, 0.15) is 0 Å². The van der Waals surface area contributed by atoms with Crippen molar-refractivity contribution in [3.63, 3.8) is 0 Å². The second kappa shape index (κ2) is 8.65. The van der Waals surface area contributed by atoms with Crippen LogP contribution in [0.5, 0.6) is 0 Å². The lowest BCUT2D eigenvalue weighted by Crippen LogP contribution is -2.45. The molecule has 1 heterocycles. The number of carbonyl (C=O) groups excluding carboxylic acids is 1. The molecule has 0 bridgehead atoms. The minimum atomic E-state index is -0.496. The SMILES string of the molecule is CCNC(=O)C(C)(C)CN=C(NCC)NCC1(C)CCCS1. The third kappa shape index (κ3) is 6.07. The Morgan fingerprint density at radius 2 is 1.91 bits per heavy atom. The van der Waals surface area contributed by atoms with Crippen molar-refractivity contribution in [2.24, 2.45) is 10.4 Å². The summed E-state index contributed by atoms with van der Waals surface area (Å²) in [6.45, 7) is 13.0. The Balaban J connectivity index is 2.59. The first-order valence-corrected chi connectivity index (χ1v) is 9.26. The molecule has 128 valence electrons. The molecule has 0 aromatic carbocycles. The number of thioether (sulfide) groups is 1. The van der Waals surface area contributed by atoms with Gasteiger partial charge in [0.15, 0.2) is 5.96 Å². The Bertz CT molecular complexity index is 390. The molecule has 5 nitrogen and oxygen atoms in total. The molecule has 1 atom stereocenters. The molecule has 6 heteroatoms. The van der Waals surface area contributed by atoms with Crippen LogP contribution in [0.2, 0.25) is 0 Å². The molecule has 0 aromatic heterocycles. The number of aliphatic imine (C=N–C) groups is 1. The Kier molecular flexibility index (Phi) is 7.53. The summed E-state index contributed by atoms with van der Waals surface area (Å²) in [4.78, 5) is 16.6. The van der Waals surface area contributed by atoms with Crippen molar-refractivity contribution in [2.45, 2.75) is 52.2 Å². The van der Waals surface area contributed by atoms with Crippen LogP contribution in [-0.2, 0) is 4.79 Å². The number of carbonyl (C=O) groups is 1. The van der Waals surface area contributed by atoms with E-state index in [1.54, 1.807) is 0 Å². The maximum atomic E-state index is 12.0. The zero-order chi connectivity index (χ0) is 16.6. The molecular weight excluding hydrogens is 296 g/mol. The van der Waals surface area contributed by atoms with E-state index in [0.717, 1.165) is 19.0 Å². The molecule has 3 N–H and O–H groups in total. The highest BCUT2D eigenvalue weighted by atomic mass is 32.2. The number of guanidine groups is 1. The first-order chi connectivity index (χ1) is 10.3. The third-order valence-corrected chi connectivity index (χ3v) is 5.40. The lowest BCUT2D eigenvalue weighted by atomic mass is 9.92. The van der Waals surface area contributed by atoms with E-state index in [0.29, 0.717) is 17.8 Å². The fraction of sp³-hybridized carbons (Fsp3) is 0.875. The summed E-state index contributed by atoms with van der Waals surface area (Å²) in [5.41, 5.74) is -0.496. The molecule has 1 aliphatic heterocycles. The van der Waals surface area contributed by atoms with Crippen LogP contribution in [0.25, 0.3) is 0 Å². The minimum absolute atomic E-state index is 0.0490. The van der Waals surface area contributed by atoms with E-state index < -0.39 is 5.41 Å². The van der Waals surface area contributed by atoms with E-state index >= 15 is 0 Å². The molecule has 1 rings (SSSR count). The summed E-state index contributed by atoms with van der Waals surface area (Å²) in [5.74, 6) is 2.09. The molecule has 0 spiro atoms. The third-order valence-electron chi connectivity index (χ3n) is 3.86. The highest BCUT2D eigenvalue weighted by molar-refractivity contribution is 8.00. The summed E-state index contributed by atoms with van der Waals surface area (Å²) in [7, 11) is 0. The Morgan fingerprint density at radius 1 is 1.23 bits per heavy atom. The molecule has 1 unspecified atom stereocenters. The first-order valence-electron chi connectivity index (χ1n) is 8.27. The maximum absolute atomic E-state index is 12.0. The van der Waals surface area contributed by atoms with Gasteiger partial charge >= 0.3 is 0 Å². The normalized spacial score (nSPS) is 22.5. The van der Waals surface area contributed by atoms with Crippen molar-refractivity contribution >= 4 is 23.6 Å². The van der Waals surface area contributed by atoms with Gasteiger partial charge in [-0.3, -0.25) is 9.79 Å². The minimum Gasteiger partial charge on any atom is -0.357 e. The predicted octanol–water partition coefficient (Wildman–Crippen LogP) is 1.99. The molecule has 1 fully saturated rings. The number of nitrogens with one attached hydrogen (secondary N) is 3. The topological polar surface area (TPSA) is 65.5 Å². The van der Waals surface area contributed by atoms with Crippen molar-refractivity contribution in [3.05, 3.63) is 0 Å². The fourth-order valence-electron chi connectivity index (χ4n) is 2.34. The van der Waals surface area contributed by atoms with Crippen molar-refractivity contribution in [1.29, 1.82) is 0 Å². The number of hydrogen-bond acceptors (Lipinski definition) is 3. The van der Waals surface area contributed by atoms with Gasteiger partial charge in [0, 0.05) is 24.4 Å². The Hall–Kier alpha value is -0.910. The zero-order valence-corrected chi connectivity index (χ0v) is 15.5. The van der Waals surface area contributed by atoms with Crippen LogP contribution < -0.4 is 16.0 Å². The highest BCUT2D eigenvalue weighted by Crippen LogP contribution is 2.36. The van der Waals surface area contributed by atoms with Crippen LogP contribution in [-0.4, -0.2) is 48.5 Å². The Morgan fingerprint density at radius 3 is 2.45 bits per heavy atom. The molecule has 0 aromatic rings. The van der Waals surface area contributed by atoms with Crippen LogP contribution in [0.15, 0.2) is 4.99 Å². The maximum Gasteiger partial charge on any atom is 0.227 e. The molecule has 1 amide bonds. The summed E-state index contributed by atoms with van der Waals surface area (Å²) >= 11 is 2.03. The van der Waals surface area contributed by atoms with Gasteiger partial charge in [-0.1, -0.05) is 0 Å². The number of rotatable bonds is 7. The van der Waals surface area contributed by atoms with Gasteiger partial charge in [0.05, 0.1) is 12.0 Å².